The third-order valence-corrected chi connectivity index (χ3v) is 6.24. The third kappa shape index (κ3) is 3.15. The molecule has 0 amide bonds. The van der Waals surface area contributed by atoms with Crippen LogP contribution in [0.1, 0.15) is 31.9 Å². The van der Waals surface area contributed by atoms with Gasteiger partial charge >= 0.3 is 0 Å². The topological polar surface area (TPSA) is 49.4 Å². The Morgan fingerprint density at radius 3 is 2.70 bits per heavy atom. The van der Waals surface area contributed by atoms with Crippen molar-refractivity contribution in [3.63, 3.8) is 0 Å². The lowest BCUT2D eigenvalue weighted by Gasteiger charge is -2.35. The smallest absolute Gasteiger partial charge is 0.154 e. The summed E-state index contributed by atoms with van der Waals surface area (Å²) < 4.78 is 23.9. The quantitative estimate of drug-likeness (QED) is 0.902. The van der Waals surface area contributed by atoms with Crippen LogP contribution < -0.4 is 10.2 Å². The lowest BCUT2D eigenvalue weighted by Crippen LogP contribution is -2.38. The number of nitrogens with zero attached hydrogens (tertiary/aromatic N) is 1. The van der Waals surface area contributed by atoms with Crippen molar-refractivity contribution in [2.24, 2.45) is 0 Å². The normalized spacial score (nSPS) is 19.2. The van der Waals surface area contributed by atoms with Gasteiger partial charge in [0.2, 0.25) is 0 Å². The van der Waals surface area contributed by atoms with Crippen LogP contribution >= 0.6 is 0 Å². The Bertz CT molecular complexity index is 555. The van der Waals surface area contributed by atoms with Crippen LogP contribution in [-0.2, 0) is 9.84 Å². The Balaban J connectivity index is 2.15. The fraction of sp³-hybridized carbons (Fsp3) is 0.600. The van der Waals surface area contributed by atoms with Crippen molar-refractivity contribution in [3.05, 3.63) is 29.8 Å². The highest BCUT2D eigenvalue weighted by molar-refractivity contribution is 7.92. The molecule has 0 bridgehead atoms. The molecule has 20 heavy (non-hydrogen) atoms. The Morgan fingerprint density at radius 1 is 1.35 bits per heavy atom. The lowest BCUT2D eigenvalue weighted by atomic mass is 9.96. The summed E-state index contributed by atoms with van der Waals surface area (Å²) in [6.45, 7) is 4.97. The number of anilines is 1. The average molecular weight is 296 g/mol. The maximum atomic E-state index is 12.0. The van der Waals surface area contributed by atoms with Crippen LogP contribution in [0.4, 0.5) is 5.69 Å². The van der Waals surface area contributed by atoms with E-state index in [0.29, 0.717) is 12.6 Å². The predicted octanol–water partition coefficient (Wildman–Crippen LogP) is 1.98. The minimum Gasteiger partial charge on any atom is -0.370 e. The maximum Gasteiger partial charge on any atom is 0.154 e. The summed E-state index contributed by atoms with van der Waals surface area (Å²) in [6.07, 6.45) is 1.01. The zero-order chi connectivity index (χ0) is 14.8. The lowest BCUT2D eigenvalue weighted by molar-refractivity contribution is 0.519. The Morgan fingerprint density at radius 2 is 2.05 bits per heavy atom. The van der Waals surface area contributed by atoms with Gasteiger partial charge in [0.1, 0.15) is 0 Å². The minimum absolute atomic E-state index is 0.225. The molecule has 0 fully saturated rings. The molecule has 1 aromatic carbocycles. The summed E-state index contributed by atoms with van der Waals surface area (Å²) in [5.74, 6) is 0.225. The number of nitrogens with one attached hydrogen (secondary N) is 1. The van der Waals surface area contributed by atoms with Gasteiger partial charge in [-0.3, -0.25) is 0 Å². The summed E-state index contributed by atoms with van der Waals surface area (Å²) >= 11 is 0. The zero-order valence-corrected chi connectivity index (χ0v) is 13.3. The molecule has 0 saturated carbocycles. The molecule has 0 saturated heterocycles. The number of benzene rings is 1. The highest BCUT2D eigenvalue weighted by atomic mass is 32.2. The van der Waals surface area contributed by atoms with E-state index >= 15 is 0 Å². The predicted molar refractivity (Wildman–Crippen MR) is 84.0 cm³/mol. The number of hydrogen-bond acceptors (Lipinski definition) is 4. The monoisotopic (exact) mass is 296 g/mol. The van der Waals surface area contributed by atoms with Gasteiger partial charge in [0.05, 0.1) is 11.0 Å². The molecule has 0 radical (unpaired) electrons. The van der Waals surface area contributed by atoms with Crippen molar-refractivity contribution in [1.82, 2.24) is 5.32 Å². The van der Waals surface area contributed by atoms with Crippen molar-refractivity contribution in [3.8, 4) is 0 Å². The van der Waals surface area contributed by atoms with Gasteiger partial charge in [0, 0.05) is 24.8 Å². The average Bonchev–Trinajstić information content (AvgIpc) is 2.44. The molecular weight excluding hydrogens is 272 g/mol. The molecule has 1 unspecified atom stereocenters. The molecule has 0 aliphatic carbocycles. The van der Waals surface area contributed by atoms with E-state index in [0.717, 1.165) is 18.7 Å². The summed E-state index contributed by atoms with van der Waals surface area (Å²) in [5.41, 5.74) is 2.43. The van der Waals surface area contributed by atoms with Crippen molar-refractivity contribution in [2.75, 3.05) is 30.8 Å². The summed E-state index contributed by atoms with van der Waals surface area (Å²) in [6, 6.07) is 8.63. The van der Waals surface area contributed by atoms with Crippen LogP contribution in [0.25, 0.3) is 0 Å². The van der Waals surface area contributed by atoms with E-state index < -0.39 is 9.84 Å². The minimum atomic E-state index is -2.98. The van der Waals surface area contributed by atoms with Gasteiger partial charge in [0.25, 0.3) is 0 Å². The highest BCUT2D eigenvalue weighted by Crippen LogP contribution is 2.33. The Labute approximate surface area is 122 Å². The van der Waals surface area contributed by atoms with Crippen LogP contribution in [0.5, 0.6) is 0 Å². The molecule has 1 N–H and O–H groups in total. The van der Waals surface area contributed by atoms with Crippen LogP contribution in [0.15, 0.2) is 24.3 Å². The van der Waals surface area contributed by atoms with E-state index in [1.165, 1.54) is 5.56 Å². The van der Waals surface area contributed by atoms with Crippen molar-refractivity contribution < 1.29 is 8.42 Å². The number of fused-ring (bicyclic) bond motifs is 1. The molecular formula is C15H24N2O2S. The first-order chi connectivity index (χ1) is 9.45. The standard InChI is InChI=1S/C15H24N2O2S/c1-12(2)20(18,19)11-10-17-9-8-14(16-3)13-6-4-5-7-15(13)17/h4-7,12,14,16H,8-11H2,1-3H3. The van der Waals surface area contributed by atoms with E-state index in [-0.39, 0.29) is 11.0 Å². The molecule has 1 aliphatic heterocycles. The van der Waals surface area contributed by atoms with E-state index in [2.05, 4.69) is 22.3 Å². The van der Waals surface area contributed by atoms with E-state index in [1.807, 2.05) is 19.2 Å². The van der Waals surface area contributed by atoms with Crippen LogP contribution in [0.3, 0.4) is 0 Å². The van der Waals surface area contributed by atoms with Crippen LogP contribution in [0.2, 0.25) is 0 Å². The molecule has 0 spiro atoms. The van der Waals surface area contributed by atoms with Gasteiger partial charge in [-0.25, -0.2) is 8.42 Å². The van der Waals surface area contributed by atoms with Gasteiger partial charge < -0.3 is 10.2 Å². The second-order valence-corrected chi connectivity index (χ2v) is 8.27. The Kier molecular flexibility index (Phi) is 4.70. The molecule has 5 heteroatoms. The van der Waals surface area contributed by atoms with Crippen molar-refractivity contribution in [2.45, 2.75) is 31.6 Å². The summed E-state index contributed by atoms with van der Waals surface area (Å²) in [4.78, 5) is 2.20. The fourth-order valence-corrected chi connectivity index (χ4v) is 3.58. The first-order valence-electron chi connectivity index (χ1n) is 7.18. The molecule has 1 aromatic rings. The number of hydrogen-bond donors (Lipinski definition) is 1. The van der Waals surface area contributed by atoms with Crippen molar-refractivity contribution in [1.29, 1.82) is 0 Å². The van der Waals surface area contributed by atoms with E-state index in [1.54, 1.807) is 13.8 Å². The number of sulfone groups is 1. The number of para-hydroxylation sites is 1. The fourth-order valence-electron chi connectivity index (χ4n) is 2.64. The van der Waals surface area contributed by atoms with E-state index in [4.69, 9.17) is 0 Å². The number of rotatable bonds is 5. The second kappa shape index (κ2) is 6.14. The Hall–Kier alpha value is -1.07. The first-order valence-corrected chi connectivity index (χ1v) is 8.90. The molecule has 1 aliphatic rings. The molecule has 1 atom stereocenters. The van der Waals surface area contributed by atoms with Crippen molar-refractivity contribution >= 4 is 15.5 Å². The highest BCUT2D eigenvalue weighted by Gasteiger charge is 2.25. The van der Waals surface area contributed by atoms with Gasteiger partial charge in [-0.05, 0) is 38.9 Å². The van der Waals surface area contributed by atoms with Crippen LogP contribution in [-0.4, -0.2) is 39.6 Å². The zero-order valence-electron chi connectivity index (χ0n) is 12.5. The molecule has 112 valence electrons. The largest absolute Gasteiger partial charge is 0.370 e. The maximum absolute atomic E-state index is 12.0. The molecule has 2 rings (SSSR count). The van der Waals surface area contributed by atoms with Gasteiger partial charge in [-0.2, -0.15) is 0 Å². The second-order valence-electron chi connectivity index (χ2n) is 5.59. The van der Waals surface area contributed by atoms with Gasteiger partial charge in [0.15, 0.2) is 9.84 Å². The summed E-state index contributed by atoms with van der Waals surface area (Å²) in [7, 11) is -1.00. The first kappa shape index (κ1) is 15.3. The summed E-state index contributed by atoms with van der Waals surface area (Å²) in [5, 5.41) is 3.03. The third-order valence-electron chi connectivity index (χ3n) is 4.05. The molecule has 1 heterocycles. The van der Waals surface area contributed by atoms with E-state index in [9.17, 15) is 8.42 Å². The van der Waals surface area contributed by atoms with Gasteiger partial charge in [-0.1, -0.05) is 18.2 Å². The molecule has 0 aromatic heterocycles. The van der Waals surface area contributed by atoms with Gasteiger partial charge in [-0.15, -0.1) is 0 Å². The van der Waals surface area contributed by atoms with Crippen LogP contribution in [0, 0.1) is 0 Å². The SMILES string of the molecule is CNC1CCN(CCS(=O)(=O)C(C)C)c2ccccc21. The molecule has 4 nitrogen and oxygen atoms in total.